The molecule has 4 rings (SSSR count). The number of aryl methyl sites for hydroxylation is 1. The van der Waals surface area contributed by atoms with Gasteiger partial charge >= 0.3 is 0 Å². The Kier molecular flexibility index (Phi) is 4.39. The number of benzene rings is 2. The summed E-state index contributed by atoms with van der Waals surface area (Å²) in [6.07, 6.45) is 1.75. The van der Waals surface area contributed by atoms with Gasteiger partial charge in [-0.15, -0.1) is 0 Å². The maximum Gasteiger partial charge on any atom is 0.262 e. The summed E-state index contributed by atoms with van der Waals surface area (Å²) in [6.45, 7) is 1.86. The van der Waals surface area contributed by atoms with Crippen molar-refractivity contribution in [3.63, 3.8) is 0 Å². The zero-order chi connectivity index (χ0) is 18.1. The Labute approximate surface area is 159 Å². The van der Waals surface area contributed by atoms with Crippen molar-refractivity contribution in [2.45, 2.75) is 13.0 Å². The number of pyridine rings is 1. The molecular weight excluding hydrogens is 390 g/mol. The summed E-state index contributed by atoms with van der Waals surface area (Å²) in [5.74, 6) is 0.657. The minimum atomic E-state index is -0.333. The quantitative estimate of drug-likeness (QED) is 0.504. The van der Waals surface area contributed by atoms with E-state index in [4.69, 9.17) is 0 Å². The molecule has 0 N–H and O–H groups in total. The van der Waals surface area contributed by atoms with Crippen LogP contribution in [0, 0.1) is 6.92 Å². The first kappa shape index (κ1) is 16.7. The van der Waals surface area contributed by atoms with Gasteiger partial charge < -0.3 is 0 Å². The van der Waals surface area contributed by atoms with Gasteiger partial charge in [-0.1, -0.05) is 52.3 Å². The van der Waals surface area contributed by atoms with E-state index >= 15 is 0 Å². The average Bonchev–Trinajstić information content (AvgIpc) is 2.67. The number of aromatic nitrogens is 3. The Morgan fingerprint density at radius 2 is 1.77 bits per heavy atom. The molecule has 128 valence electrons. The van der Waals surface area contributed by atoms with Gasteiger partial charge in [0.25, 0.3) is 5.56 Å². The molecule has 2 aromatic carbocycles. The molecule has 1 atom stereocenters. The van der Waals surface area contributed by atoms with Gasteiger partial charge in [0.15, 0.2) is 0 Å². The summed E-state index contributed by atoms with van der Waals surface area (Å²) in [6, 6.07) is 20.9. The lowest BCUT2D eigenvalue weighted by Crippen LogP contribution is -2.30. The maximum absolute atomic E-state index is 13.4. The molecule has 4 aromatic rings. The van der Waals surface area contributed by atoms with Gasteiger partial charge in [-0.25, -0.2) is 4.98 Å². The van der Waals surface area contributed by atoms with Crippen LogP contribution in [0.4, 0.5) is 0 Å². The third-order valence-electron chi connectivity index (χ3n) is 4.38. The number of rotatable bonds is 3. The molecule has 0 radical (unpaired) electrons. The second kappa shape index (κ2) is 6.84. The van der Waals surface area contributed by atoms with Gasteiger partial charge in [-0.3, -0.25) is 14.3 Å². The predicted molar refractivity (Wildman–Crippen MR) is 106 cm³/mol. The summed E-state index contributed by atoms with van der Waals surface area (Å²) < 4.78 is 2.58. The Morgan fingerprint density at radius 1 is 1.00 bits per heavy atom. The minimum Gasteiger partial charge on any atom is -0.283 e. The Bertz CT molecular complexity index is 1090. The maximum atomic E-state index is 13.4. The van der Waals surface area contributed by atoms with Crippen LogP contribution in [0.5, 0.6) is 0 Å². The Hall–Kier alpha value is -2.79. The van der Waals surface area contributed by atoms with E-state index < -0.39 is 0 Å². The van der Waals surface area contributed by atoms with E-state index in [-0.39, 0.29) is 11.6 Å². The highest BCUT2D eigenvalue weighted by molar-refractivity contribution is 9.10. The number of hydrogen-bond donors (Lipinski definition) is 0. The molecule has 2 heterocycles. The largest absolute Gasteiger partial charge is 0.283 e. The van der Waals surface area contributed by atoms with Crippen molar-refractivity contribution in [2.24, 2.45) is 0 Å². The summed E-state index contributed by atoms with van der Waals surface area (Å²) in [4.78, 5) is 22.5. The smallest absolute Gasteiger partial charge is 0.262 e. The number of halogens is 1. The molecule has 0 amide bonds. The zero-order valence-corrected chi connectivity index (χ0v) is 15.7. The molecule has 0 aliphatic carbocycles. The lowest BCUT2D eigenvalue weighted by atomic mass is 10.0. The van der Waals surface area contributed by atoms with E-state index in [9.17, 15) is 4.79 Å². The standard InChI is InChI=1S/C21H16BrN3O/c1-14-24-18-11-10-16(22)13-17(18)21(26)25(14)20(15-7-3-2-4-8-15)19-9-5-6-12-23-19/h2-13,20H,1H3. The van der Waals surface area contributed by atoms with Crippen molar-refractivity contribution >= 4 is 26.8 Å². The summed E-state index contributed by atoms with van der Waals surface area (Å²) in [7, 11) is 0. The molecule has 0 saturated heterocycles. The van der Waals surface area contributed by atoms with Gasteiger partial charge in [0, 0.05) is 10.7 Å². The van der Waals surface area contributed by atoms with Crippen molar-refractivity contribution in [3.05, 3.63) is 105 Å². The van der Waals surface area contributed by atoms with Crippen LogP contribution < -0.4 is 5.56 Å². The fourth-order valence-electron chi connectivity index (χ4n) is 3.21. The summed E-state index contributed by atoms with van der Waals surface area (Å²) >= 11 is 3.45. The van der Waals surface area contributed by atoms with E-state index in [0.717, 1.165) is 15.7 Å². The number of hydrogen-bond acceptors (Lipinski definition) is 3. The van der Waals surface area contributed by atoms with Crippen molar-refractivity contribution in [1.82, 2.24) is 14.5 Å². The van der Waals surface area contributed by atoms with Crippen molar-refractivity contribution in [1.29, 1.82) is 0 Å². The van der Waals surface area contributed by atoms with Gasteiger partial charge in [0.1, 0.15) is 11.9 Å². The lowest BCUT2D eigenvalue weighted by Gasteiger charge is -2.22. The normalized spacial score (nSPS) is 12.2. The lowest BCUT2D eigenvalue weighted by molar-refractivity contribution is 0.605. The summed E-state index contributed by atoms with van der Waals surface area (Å²) in [5.41, 5.74) is 2.42. The molecule has 0 bridgehead atoms. The highest BCUT2D eigenvalue weighted by atomic mass is 79.9. The van der Waals surface area contributed by atoms with Crippen LogP contribution in [0.15, 0.2) is 82.2 Å². The molecule has 2 aromatic heterocycles. The second-order valence-corrected chi connectivity index (χ2v) is 6.98. The first-order valence-electron chi connectivity index (χ1n) is 8.29. The Balaban J connectivity index is 2.05. The van der Waals surface area contributed by atoms with Crippen molar-refractivity contribution in [3.8, 4) is 0 Å². The molecule has 0 saturated carbocycles. The van der Waals surface area contributed by atoms with Crippen LogP contribution >= 0.6 is 15.9 Å². The van der Waals surface area contributed by atoms with Crippen LogP contribution in [-0.2, 0) is 0 Å². The first-order chi connectivity index (χ1) is 12.6. The van der Waals surface area contributed by atoms with Gasteiger partial charge in [-0.2, -0.15) is 0 Å². The zero-order valence-electron chi connectivity index (χ0n) is 14.1. The highest BCUT2D eigenvalue weighted by Crippen LogP contribution is 2.26. The number of fused-ring (bicyclic) bond motifs is 1. The topological polar surface area (TPSA) is 47.8 Å². The predicted octanol–water partition coefficient (Wildman–Crippen LogP) is 4.50. The van der Waals surface area contributed by atoms with E-state index in [1.807, 2.05) is 73.7 Å². The SMILES string of the molecule is Cc1nc2ccc(Br)cc2c(=O)n1C(c1ccccc1)c1ccccn1. The van der Waals surface area contributed by atoms with Crippen LogP contribution in [0.1, 0.15) is 23.1 Å². The van der Waals surface area contributed by atoms with Gasteiger partial charge in [0.05, 0.1) is 16.6 Å². The van der Waals surface area contributed by atoms with Crippen LogP contribution in [0.3, 0.4) is 0 Å². The molecular formula is C21H16BrN3O. The fourth-order valence-corrected chi connectivity index (χ4v) is 3.57. The molecule has 4 nitrogen and oxygen atoms in total. The second-order valence-electron chi connectivity index (χ2n) is 6.06. The third-order valence-corrected chi connectivity index (χ3v) is 4.87. The molecule has 5 heteroatoms. The van der Waals surface area contributed by atoms with Crippen LogP contribution in [0.25, 0.3) is 10.9 Å². The van der Waals surface area contributed by atoms with E-state index in [2.05, 4.69) is 25.9 Å². The monoisotopic (exact) mass is 405 g/mol. The van der Waals surface area contributed by atoms with Crippen LogP contribution in [0.2, 0.25) is 0 Å². The minimum absolute atomic E-state index is 0.0756. The molecule has 26 heavy (non-hydrogen) atoms. The van der Waals surface area contributed by atoms with Gasteiger partial charge in [-0.05, 0) is 42.8 Å². The molecule has 0 aliphatic heterocycles. The van der Waals surface area contributed by atoms with E-state index in [1.54, 1.807) is 10.8 Å². The molecule has 1 unspecified atom stereocenters. The van der Waals surface area contributed by atoms with Crippen LogP contribution in [-0.4, -0.2) is 14.5 Å². The molecule has 0 spiro atoms. The highest BCUT2D eigenvalue weighted by Gasteiger charge is 2.22. The molecule has 0 aliphatic rings. The Morgan fingerprint density at radius 3 is 2.50 bits per heavy atom. The van der Waals surface area contributed by atoms with E-state index in [1.165, 1.54) is 0 Å². The first-order valence-corrected chi connectivity index (χ1v) is 9.09. The number of nitrogens with zero attached hydrogens (tertiary/aromatic N) is 3. The van der Waals surface area contributed by atoms with Crippen molar-refractivity contribution in [2.75, 3.05) is 0 Å². The van der Waals surface area contributed by atoms with Gasteiger partial charge in [0.2, 0.25) is 0 Å². The third kappa shape index (κ3) is 2.95. The average molecular weight is 406 g/mol. The van der Waals surface area contributed by atoms with Crippen molar-refractivity contribution < 1.29 is 0 Å². The fraction of sp³-hybridized carbons (Fsp3) is 0.0952. The van der Waals surface area contributed by atoms with E-state index in [0.29, 0.717) is 16.7 Å². The molecule has 0 fully saturated rings. The summed E-state index contributed by atoms with van der Waals surface area (Å²) in [5, 5.41) is 0.585.